The Labute approximate surface area is 198 Å². The lowest BCUT2D eigenvalue weighted by Gasteiger charge is -2.34. The number of nitrogens with zero attached hydrogens (tertiary/aromatic N) is 3. The highest BCUT2D eigenvalue weighted by atomic mass is 35.5. The SMILES string of the molecule is CC(C)n1c(C2CCCN(C(=O)C3CC4CCCCC4N3)C2)nc2ccccc21.Cl.Cl. The number of halogens is 2. The molecular weight excluding hydrogens is 431 g/mol. The molecule has 31 heavy (non-hydrogen) atoms. The summed E-state index contributed by atoms with van der Waals surface area (Å²) in [6, 6.07) is 9.40. The Kier molecular flexibility index (Phi) is 7.93. The van der Waals surface area contributed by atoms with Gasteiger partial charge in [-0.15, -0.1) is 24.8 Å². The van der Waals surface area contributed by atoms with Crippen LogP contribution >= 0.6 is 24.8 Å². The van der Waals surface area contributed by atoms with E-state index in [1.54, 1.807) is 0 Å². The van der Waals surface area contributed by atoms with E-state index >= 15 is 0 Å². The number of likely N-dealkylation sites (tertiary alicyclic amines) is 1. The Morgan fingerprint density at radius 3 is 2.65 bits per heavy atom. The van der Waals surface area contributed by atoms with Crippen molar-refractivity contribution in [2.45, 2.75) is 82.8 Å². The predicted molar refractivity (Wildman–Crippen MR) is 130 cm³/mol. The molecule has 1 N–H and O–H groups in total. The molecule has 1 aromatic carbocycles. The average Bonchev–Trinajstić information content (AvgIpc) is 3.35. The van der Waals surface area contributed by atoms with E-state index < -0.39 is 0 Å². The van der Waals surface area contributed by atoms with Crippen molar-refractivity contribution in [3.05, 3.63) is 30.1 Å². The second-order valence-corrected chi connectivity index (χ2v) is 9.65. The summed E-state index contributed by atoms with van der Waals surface area (Å²) in [6.07, 6.45) is 8.40. The number of nitrogens with one attached hydrogen (secondary N) is 1. The molecule has 0 radical (unpaired) electrons. The number of piperidine rings is 1. The lowest BCUT2D eigenvalue weighted by atomic mass is 9.85. The van der Waals surface area contributed by atoms with E-state index in [9.17, 15) is 4.79 Å². The van der Waals surface area contributed by atoms with Crippen LogP contribution < -0.4 is 5.32 Å². The van der Waals surface area contributed by atoms with Crippen LogP contribution in [0.3, 0.4) is 0 Å². The van der Waals surface area contributed by atoms with Gasteiger partial charge in [0, 0.05) is 31.1 Å². The van der Waals surface area contributed by atoms with Gasteiger partial charge in [0.25, 0.3) is 0 Å². The number of benzene rings is 1. The first-order chi connectivity index (χ1) is 14.1. The Morgan fingerprint density at radius 1 is 1.10 bits per heavy atom. The van der Waals surface area contributed by atoms with Crippen LogP contribution in [0, 0.1) is 5.92 Å². The highest BCUT2D eigenvalue weighted by molar-refractivity contribution is 5.85. The number of hydrogen-bond donors (Lipinski definition) is 1. The maximum absolute atomic E-state index is 13.3. The minimum absolute atomic E-state index is 0. The van der Waals surface area contributed by atoms with Crippen molar-refractivity contribution in [3.63, 3.8) is 0 Å². The van der Waals surface area contributed by atoms with Crippen LogP contribution in [0.4, 0.5) is 0 Å². The van der Waals surface area contributed by atoms with Gasteiger partial charge in [0.05, 0.1) is 17.1 Å². The number of carbonyl (C=O) groups excluding carboxylic acids is 1. The molecule has 0 spiro atoms. The highest BCUT2D eigenvalue weighted by Gasteiger charge is 2.40. The molecule has 172 valence electrons. The van der Waals surface area contributed by atoms with Crippen LogP contribution in [0.2, 0.25) is 0 Å². The normalized spacial score (nSPS) is 28.2. The topological polar surface area (TPSA) is 50.2 Å². The maximum atomic E-state index is 13.3. The van der Waals surface area contributed by atoms with Gasteiger partial charge in [0.15, 0.2) is 0 Å². The van der Waals surface area contributed by atoms with E-state index in [-0.39, 0.29) is 30.9 Å². The summed E-state index contributed by atoms with van der Waals surface area (Å²) in [6.45, 7) is 6.16. The third-order valence-corrected chi connectivity index (χ3v) is 7.40. The Hall–Kier alpha value is -1.30. The van der Waals surface area contributed by atoms with E-state index in [2.05, 4.69) is 52.9 Å². The molecule has 4 unspecified atom stereocenters. The van der Waals surface area contributed by atoms with Gasteiger partial charge in [-0.2, -0.15) is 0 Å². The first-order valence-corrected chi connectivity index (χ1v) is 11.6. The van der Waals surface area contributed by atoms with Crippen LogP contribution in [0.5, 0.6) is 0 Å². The van der Waals surface area contributed by atoms with Gasteiger partial charge in [0.1, 0.15) is 5.82 Å². The fourth-order valence-electron chi connectivity index (χ4n) is 6.01. The molecule has 2 aliphatic heterocycles. The number of aromatic nitrogens is 2. The molecule has 1 aliphatic carbocycles. The third-order valence-electron chi connectivity index (χ3n) is 7.40. The number of rotatable bonds is 3. The second kappa shape index (κ2) is 10.1. The number of hydrogen-bond acceptors (Lipinski definition) is 3. The van der Waals surface area contributed by atoms with Gasteiger partial charge in [-0.3, -0.25) is 4.79 Å². The van der Waals surface area contributed by atoms with Crippen LogP contribution in [-0.2, 0) is 4.79 Å². The summed E-state index contributed by atoms with van der Waals surface area (Å²) in [4.78, 5) is 20.5. The van der Waals surface area contributed by atoms with Crippen molar-refractivity contribution in [3.8, 4) is 0 Å². The summed E-state index contributed by atoms with van der Waals surface area (Å²) in [5, 5.41) is 3.68. The monoisotopic (exact) mass is 466 g/mol. The van der Waals surface area contributed by atoms with E-state index in [4.69, 9.17) is 4.98 Å². The summed E-state index contributed by atoms with van der Waals surface area (Å²) in [7, 11) is 0. The highest BCUT2D eigenvalue weighted by Crippen LogP contribution is 2.35. The Balaban J connectivity index is 0.00000136. The smallest absolute Gasteiger partial charge is 0.239 e. The number of carbonyl (C=O) groups is 1. The van der Waals surface area contributed by atoms with E-state index in [0.717, 1.165) is 43.7 Å². The third kappa shape index (κ3) is 4.60. The zero-order valence-corrected chi connectivity index (χ0v) is 20.3. The van der Waals surface area contributed by atoms with Crippen LogP contribution in [0.25, 0.3) is 11.0 Å². The Bertz CT molecular complexity index is 885. The molecule has 1 amide bonds. The molecule has 1 saturated carbocycles. The van der Waals surface area contributed by atoms with Crippen LogP contribution in [-0.4, -0.2) is 45.5 Å². The standard InChI is InChI=1S/C24H34N4O.2ClH/c1-16(2)28-22-12-6-5-11-20(22)26-23(28)18-9-7-13-27(15-18)24(29)21-14-17-8-3-4-10-19(17)25-21;;/h5-6,11-12,16-19,21,25H,3-4,7-10,13-15H2,1-2H3;2*1H. The average molecular weight is 467 g/mol. The van der Waals surface area contributed by atoms with E-state index in [1.807, 2.05) is 0 Å². The molecule has 5 rings (SSSR count). The number of amides is 1. The van der Waals surface area contributed by atoms with Crippen molar-refractivity contribution in [1.29, 1.82) is 0 Å². The van der Waals surface area contributed by atoms with Crippen LogP contribution in [0.15, 0.2) is 24.3 Å². The summed E-state index contributed by atoms with van der Waals surface area (Å²) in [5.41, 5.74) is 2.28. The molecule has 3 aliphatic rings. The molecule has 3 heterocycles. The minimum Gasteiger partial charge on any atom is -0.341 e. The molecule has 4 atom stereocenters. The number of imidazole rings is 1. The second-order valence-electron chi connectivity index (χ2n) is 9.65. The molecule has 3 fully saturated rings. The van der Waals surface area contributed by atoms with Crippen molar-refractivity contribution < 1.29 is 4.79 Å². The molecule has 2 saturated heterocycles. The van der Waals surface area contributed by atoms with Gasteiger partial charge in [-0.25, -0.2) is 4.98 Å². The molecule has 2 aromatic rings. The first kappa shape index (κ1) is 24.3. The largest absolute Gasteiger partial charge is 0.341 e. The van der Waals surface area contributed by atoms with Gasteiger partial charge in [-0.05, 0) is 64.0 Å². The number of para-hydroxylation sites is 2. The molecule has 0 bridgehead atoms. The quantitative estimate of drug-likeness (QED) is 0.685. The van der Waals surface area contributed by atoms with Crippen LogP contribution in [0.1, 0.15) is 76.6 Å². The van der Waals surface area contributed by atoms with Crippen molar-refractivity contribution in [2.24, 2.45) is 5.92 Å². The fraction of sp³-hybridized carbons (Fsp3) is 0.667. The molecule has 7 heteroatoms. The van der Waals surface area contributed by atoms with E-state index in [0.29, 0.717) is 29.8 Å². The zero-order valence-electron chi connectivity index (χ0n) is 18.6. The van der Waals surface area contributed by atoms with Gasteiger partial charge < -0.3 is 14.8 Å². The molecule has 5 nitrogen and oxygen atoms in total. The van der Waals surface area contributed by atoms with E-state index in [1.165, 1.54) is 31.2 Å². The molecule has 1 aromatic heterocycles. The zero-order chi connectivity index (χ0) is 20.0. The minimum atomic E-state index is 0. The summed E-state index contributed by atoms with van der Waals surface area (Å²) >= 11 is 0. The van der Waals surface area contributed by atoms with Gasteiger partial charge >= 0.3 is 0 Å². The first-order valence-electron chi connectivity index (χ1n) is 11.6. The fourth-order valence-corrected chi connectivity index (χ4v) is 6.01. The van der Waals surface area contributed by atoms with Crippen molar-refractivity contribution in [2.75, 3.05) is 13.1 Å². The summed E-state index contributed by atoms with van der Waals surface area (Å²) in [5.74, 6) is 2.53. The van der Waals surface area contributed by atoms with Gasteiger partial charge in [0.2, 0.25) is 5.91 Å². The van der Waals surface area contributed by atoms with Gasteiger partial charge in [-0.1, -0.05) is 25.0 Å². The summed E-state index contributed by atoms with van der Waals surface area (Å²) < 4.78 is 2.39. The van der Waals surface area contributed by atoms with Crippen molar-refractivity contribution >= 4 is 41.8 Å². The molecular formula is C24H36Cl2N4O. The Morgan fingerprint density at radius 2 is 1.87 bits per heavy atom. The lowest BCUT2D eigenvalue weighted by molar-refractivity contribution is -0.134. The number of fused-ring (bicyclic) bond motifs is 2. The lowest BCUT2D eigenvalue weighted by Crippen LogP contribution is -2.48. The van der Waals surface area contributed by atoms with Crippen molar-refractivity contribution in [1.82, 2.24) is 19.8 Å². The predicted octanol–water partition coefficient (Wildman–Crippen LogP) is 5.09. The maximum Gasteiger partial charge on any atom is 0.239 e.